The van der Waals surface area contributed by atoms with Gasteiger partial charge in [-0.05, 0) is 18.1 Å². The molecule has 110 valence electrons. The Kier molecular flexibility index (Phi) is 3.41. The van der Waals surface area contributed by atoms with Gasteiger partial charge >= 0.3 is 0 Å². The van der Waals surface area contributed by atoms with E-state index in [1.807, 2.05) is 19.9 Å². The molecule has 3 rings (SSSR count). The van der Waals surface area contributed by atoms with Crippen LogP contribution in [0.5, 0.6) is 11.5 Å². The van der Waals surface area contributed by atoms with Crippen LogP contribution in [0.2, 0.25) is 0 Å². The molecule has 5 heteroatoms. The van der Waals surface area contributed by atoms with Crippen LogP contribution in [0.1, 0.15) is 20.3 Å². The van der Waals surface area contributed by atoms with Gasteiger partial charge in [0.15, 0.2) is 11.5 Å². The molecule has 0 N–H and O–H groups in total. The smallest absolute Gasteiger partial charge is 0.261 e. The molecule has 1 fully saturated rings. The van der Waals surface area contributed by atoms with Crippen molar-refractivity contribution in [2.24, 2.45) is 5.92 Å². The Hall–Kier alpha value is -2.30. The first kappa shape index (κ1) is 13.7. The van der Waals surface area contributed by atoms with Gasteiger partial charge in [-0.25, -0.2) is 4.90 Å². The van der Waals surface area contributed by atoms with Crippen molar-refractivity contribution in [1.29, 1.82) is 0 Å². The third kappa shape index (κ3) is 2.51. The Morgan fingerprint density at radius 3 is 2.57 bits per heavy atom. The second-order valence-corrected chi connectivity index (χ2v) is 5.47. The molecule has 0 aromatic heterocycles. The zero-order valence-electron chi connectivity index (χ0n) is 12.1. The fourth-order valence-corrected chi connectivity index (χ4v) is 2.54. The SMILES string of the molecule is CC(C)C=C1CC(=O)N(c2ccc3c(c2)OCCO3)C1=O. The average Bonchev–Trinajstić information content (AvgIpc) is 2.72. The number of imide groups is 1. The lowest BCUT2D eigenvalue weighted by Gasteiger charge is -2.21. The number of anilines is 1. The molecule has 0 unspecified atom stereocenters. The Labute approximate surface area is 123 Å². The molecule has 0 atom stereocenters. The van der Waals surface area contributed by atoms with E-state index in [9.17, 15) is 9.59 Å². The van der Waals surface area contributed by atoms with Crippen molar-refractivity contribution < 1.29 is 19.1 Å². The summed E-state index contributed by atoms with van der Waals surface area (Å²) in [6.45, 7) is 4.95. The minimum atomic E-state index is -0.245. The molecule has 2 amide bonds. The van der Waals surface area contributed by atoms with Crippen LogP contribution in [0.25, 0.3) is 0 Å². The van der Waals surface area contributed by atoms with Crippen LogP contribution in [0.3, 0.4) is 0 Å². The van der Waals surface area contributed by atoms with Gasteiger partial charge < -0.3 is 9.47 Å². The first-order valence-electron chi connectivity index (χ1n) is 7.04. The van der Waals surface area contributed by atoms with E-state index in [-0.39, 0.29) is 24.2 Å². The molecule has 5 nitrogen and oxygen atoms in total. The van der Waals surface area contributed by atoms with Crippen LogP contribution < -0.4 is 14.4 Å². The number of benzene rings is 1. The number of hydrogen-bond donors (Lipinski definition) is 0. The topological polar surface area (TPSA) is 55.8 Å². The molecule has 1 saturated heterocycles. The van der Waals surface area contributed by atoms with E-state index in [2.05, 4.69) is 0 Å². The zero-order chi connectivity index (χ0) is 15.0. The Morgan fingerprint density at radius 2 is 1.86 bits per heavy atom. The fraction of sp³-hybridized carbons (Fsp3) is 0.375. The molecule has 0 bridgehead atoms. The highest BCUT2D eigenvalue weighted by Crippen LogP contribution is 2.36. The monoisotopic (exact) mass is 287 g/mol. The first-order valence-corrected chi connectivity index (χ1v) is 7.04. The van der Waals surface area contributed by atoms with E-state index < -0.39 is 0 Å². The summed E-state index contributed by atoms with van der Waals surface area (Å²) in [5.41, 5.74) is 1.09. The lowest BCUT2D eigenvalue weighted by molar-refractivity contribution is -0.120. The maximum Gasteiger partial charge on any atom is 0.261 e. The highest BCUT2D eigenvalue weighted by atomic mass is 16.6. The van der Waals surface area contributed by atoms with Crippen LogP contribution in [-0.4, -0.2) is 25.0 Å². The lowest BCUT2D eigenvalue weighted by atomic mass is 10.1. The number of carbonyl (C=O) groups is 2. The quantitative estimate of drug-likeness (QED) is 0.618. The van der Waals surface area contributed by atoms with E-state index in [4.69, 9.17) is 9.47 Å². The van der Waals surface area contributed by atoms with Crippen molar-refractivity contribution in [1.82, 2.24) is 0 Å². The first-order chi connectivity index (χ1) is 10.1. The van der Waals surface area contributed by atoms with Gasteiger partial charge in [0.2, 0.25) is 5.91 Å². The van der Waals surface area contributed by atoms with Gasteiger partial charge in [-0.1, -0.05) is 19.9 Å². The number of carbonyl (C=O) groups excluding carboxylic acids is 2. The standard InChI is InChI=1S/C16H17NO4/c1-10(2)7-11-8-15(18)17(16(11)19)12-3-4-13-14(9-12)21-6-5-20-13/h3-4,7,9-10H,5-6,8H2,1-2H3. The maximum absolute atomic E-state index is 12.4. The second-order valence-electron chi connectivity index (χ2n) is 5.47. The molecule has 1 aromatic carbocycles. The normalized spacial score (nSPS) is 19.8. The number of ether oxygens (including phenoxy) is 2. The predicted molar refractivity (Wildman–Crippen MR) is 77.5 cm³/mol. The summed E-state index contributed by atoms with van der Waals surface area (Å²) in [4.78, 5) is 25.7. The van der Waals surface area contributed by atoms with E-state index in [0.717, 1.165) is 0 Å². The third-order valence-corrected chi connectivity index (χ3v) is 3.39. The number of nitrogens with zero attached hydrogens (tertiary/aromatic N) is 1. The molecule has 2 aliphatic heterocycles. The Bertz CT molecular complexity index is 633. The van der Waals surface area contributed by atoms with E-state index in [1.54, 1.807) is 18.2 Å². The minimum Gasteiger partial charge on any atom is -0.486 e. The minimum absolute atomic E-state index is 0.158. The summed E-state index contributed by atoms with van der Waals surface area (Å²) in [5.74, 6) is 0.994. The van der Waals surface area contributed by atoms with Crippen molar-refractivity contribution in [3.8, 4) is 11.5 Å². The molecule has 1 aromatic rings. The van der Waals surface area contributed by atoms with Crippen LogP contribution in [-0.2, 0) is 9.59 Å². The summed E-state index contributed by atoms with van der Waals surface area (Å²) in [5, 5.41) is 0. The van der Waals surface area contributed by atoms with Crippen molar-refractivity contribution in [2.75, 3.05) is 18.1 Å². The molecule has 0 saturated carbocycles. The van der Waals surface area contributed by atoms with E-state index >= 15 is 0 Å². The van der Waals surface area contributed by atoms with E-state index in [1.165, 1.54) is 4.90 Å². The maximum atomic E-state index is 12.4. The highest BCUT2D eigenvalue weighted by molar-refractivity contribution is 6.28. The third-order valence-electron chi connectivity index (χ3n) is 3.39. The fourth-order valence-electron chi connectivity index (χ4n) is 2.54. The number of hydrogen-bond acceptors (Lipinski definition) is 4. The van der Waals surface area contributed by atoms with Gasteiger partial charge in [0.05, 0.1) is 12.1 Å². The van der Waals surface area contributed by atoms with Crippen LogP contribution in [0, 0.1) is 5.92 Å². The summed E-state index contributed by atoms with van der Waals surface area (Å²) in [6, 6.07) is 5.12. The summed E-state index contributed by atoms with van der Waals surface area (Å²) in [7, 11) is 0. The van der Waals surface area contributed by atoms with Crippen LogP contribution in [0.15, 0.2) is 29.8 Å². The molecule has 0 aliphatic carbocycles. The molecule has 2 aliphatic rings. The lowest BCUT2D eigenvalue weighted by Crippen LogP contribution is -2.29. The Morgan fingerprint density at radius 1 is 1.14 bits per heavy atom. The summed E-state index contributed by atoms with van der Waals surface area (Å²) < 4.78 is 10.9. The zero-order valence-corrected chi connectivity index (χ0v) is 12.1. The number of rotatable bonds is 2. The van der Waals surface area contributed by atoms with Gasteiger partial charge in [-0.3, -0.25) is 9.59 Å². The second kappa shape index (κ2) is 5.24. The van der Waals surface area contributed by atoms with E-state index in [0.29, 0.717) is 36.0 Å². The number of amides is 2. The van der Waals surface area contributed by atoms with Crippen LogP contribution in [0.4, 0.5) is 5.69 Å². The summed E-state index contributed by atoms with van der Waals surface area (Å²) in [6.07, 6.45) is 2.00. The molecule has 0 spiro atoms. The predicted octanol–water partition coefficient (Wildman–Crippen LogP) is 2.30. The average molecular weight is 287 g/mol. The van der Waals surface area contributed by atoms with Gasteiger partial charge in [-0.15, -0.1) is 0 Å². The summed E-state index contributed by atoms with van der Waals surface area (Å²) >= 11 is 0. The molecule has 2 heterocycles. The van der Waals surface area contributed by atoms with Crippen molar-refractivity contribution >= 4 is 17.5 Å². The van der Waals surface area contributed by atoms with Crippen LogP contribution >= 0.6 is 0 Å². The van der Waals surface area contributed by atoms with Crippen molar-refractivity contribution in [3.05, 3.63) is 29.8 Å². The molecular weight excluding hydrogens is 270 g/mol. The Balaban J connectivity index is 1.93. The largest absolute Gasteiger partial charge is 0.486 e. The van der Waals surface area contributed by atoms with Gasteiger partial charge in [0.25, 0.3) is 5.91 Å². The van der Waals surface area contributed by atoms with Gasteiger partial charge in [0, 0.05) is 11.6 Å². The molecule has 0 radical (unpaired) electrons. The number of fused-ring (bicyclic) bond motifs is 1. The van der Waals surface area contributed by atoms with Gasteiger partial charge in [0.1, 0.15) is 13.2 Å². The van der Waals surface area contributed by atoms with Crippen molar-refractivity contribution in [3.63, 3.8) is 0 Å². The highest BCUT2D eigenvalue weighted by Gasteiger charge is 2.35. The number of allylic oxidation sites excluding steroid dienone is 1. The van der Waals surface area contributed by atoms with Gasteiger partial charge in [-0.2, -0.15) is 0 Å². The molecule has 21 heavy (non-hydrogen) atoms. The van der Waals surface area contributed by atoms with Crippen molar-refractivity contribution in [2.45, 2.75) is 20.3 Å². The molecular formula is C16H17NO4.